The summed E-state index contributed by atoms with van der Waals surface area (Å²) in [5.74, 6) is 0. The van der Waals surface area contributed by atoms with Crippen LogP contribution < -0.4 is 5.32 Å². The van der Waals surface area contributed by atoms with Crippen LogP contribution in [-0.4, -0.2) is 11.5 Å². The van der Waals surface area contributed by atoms with Crippen LogP contribution in [0.5, 0.6) is 0 Å². The van der Waals surface area contributed by atoms with Gasteiger partial charge >= 0.3 is 0 Å². The zero-order valence-electron chi connectivity index (χ0n) is 7.02. The van der Waals surface area contributed by atoms with Gasteiger partial charge in [-0.2, -0.15) is 0 Å². The molecular weight excluding hydrogens is 186 g/mol. The highest BCUT2D eigenvalue weighted by molar-refractivity contribution is 7.80. The lowest BCUT2D eigenvalue weighted by atomic mass is 10.2. The molecule has 0 saturated heterocycles. The van der Waals surface area contributed by atoms with Gasteiger partial charge in [0.2, 0.25) is 0 Å². The van der Waals surface area contributed by atoms with Gasteiger partial charge in [-0.3, -0.25) is 0 Å². The van der Waals surface area contributed by atoms with Gasteiger partial charge in [-0.25, -0.2) is 0 Å². The zero-order chi connectivity index (χ0) is 8.55. The lowest BCUT2D eigenvalue weighted by Crippen LogP contribution is -2.20. The predicted octanol–water partition coefficient (Wildman–Crippen LogP) is 2.27. The average Bonchev–Trinajstić information content (AvgIpc) is 2.33. The second kappa shape index (κ2) is 3.15. The van der Waals surface area contributed by atoms with E-state index in [-0.39, 0.29) is 0 Å². The van der Waals surface area contributed by atoms with Crippen molar-refractivity contribution >= 4 is 28.5 Å². The Morgan fingerprint density at radius 3 is 3.25 bits per heavy atom. The second-order valence-electron chi connectivity index (χ2n) is 3.05. The maximum absolute atomic E-state index is 5.26. The van der Waals surface area contributed by atoms with E-state index in [2.05, 4.69) is 18.3 Å². The van der Waals surface area contributed by atoms with Crippen molar-refractivity contribution in [1.29, 1.82) is 0 Å². The first-order valence-electron chi connectivity index (χ1n) is 4.15. The van der Waals surface area contributed by atoms with Gasteiger partial charge in [0.25, 0.3) is 0 Å². The van der Waals surface area contributed by atoms with Gasteiger partial charge in [-0.1, -0.05) is 12.2 Å². The third-order valence-corrected chi connectivity index (χ3v) is 3.52. The average molecular weight is 197 g/mol. The third kappa shape index (κ3) is 1.39. The SMILES string of the molecule is Cc1cc2c(s1)CCCNC2=S. The van der Waals surface area contributed by atoms with Crippen molar-refractivity contribution in [2.24, 2.45) is 0 Å². The molecule has 1 aliphatic rings. The van der Waals surface area contributed by atoms with Gasteiger partial charge in [0.05, 0.1) is 0 Å². The van der Waals surface area contributed by atoms with Crippen LogP contribution in [0.25, 0.3) is 0 Å². The molecule has 2 heterocycles. The zero-order valence-corrected chi connectivity index (χ0v) is 8.65. The van der Waals surface area contributed by atoms with E-state index in [1.807, 2.05) is 11.3 Å². The number of aryl methyl sites for hydroxylation is 2. The molecule has 0 atom stereocenters. The minimum absolute atomic E-state index is 0.937. The van der Waals surface area contributed by atoms with E-state index >= 15 is 0 Å². The molecule has 1 aromatic rings. The van der Waals surface area contributed by atoms with Crippen LogP contribution in [0.4, 0.5) is 0 Å². The van der Waals surface area contributed by atoms with Crippen LogP contribution in [0.1, 0.15) is 21.7 Å². The second-order valence-corrected chi connectivity index (χ2v) is 4.80. The first-order valence-corrected chi connectivity index (χ1v) is 5.37. The molecular formula is C9H11NS2. The fourth-order valence-corrected chi connectivity index (χ4v) is 2.92. The van der Waals surface area contributed by atoms with Crippen LogP contribution in [0, 0.1) is 6.92 Å². The van der Waals surface area contributed by atoms with Gasteiger partial charge in [0, 0.05) is 21.9 Å². The summed E-state index contributed by atoms with van der Waals surface area (Å²) >= 11 is 7.14. The summed E-state index contributed by atoms with van der Waals surface area (Å²) in [4.78, 5) is 3.76. The maximum atomic E-state index is 5.26. The van der Waals surface area contributed by atoms with Crippen LogP contribution in [0.15, 0.2) is 6.07 Å². The summed E-state index contributed by atoms with van der Waals surface area (Å²) in [6, 6.07) is 2.20. The first kappa shape index (κ1) is 8.20. The molecule has 2 rings (SSSR count). The monoisotopic (exact) mass is 197 g/mol. The van der Waals surface area contributed by atoms with E-state index in [1.165, 1.54) is 28.2 Å². The third-order valence-electron chi connectivity index (χ3n) is 2.04. The lowest BCUT2D eigenvalue weighted by molar-refractivity contribution is 0.800. The number of thiophene rings is 1. The fourth-order valence-electron chi connectivity index (χ4n) is 1.49. The van der Waals surface area contributed by atoms with Gasteiger partial charge < -0.3 is 5.32 Å². The summed E-state index contributed by atoms with van der Waals surface area (Å²) < 4.78 is 0. The molecule has 3 heteroatoms. The Balaban J connectivity index is 2.44. The van der Waals surface area contributed by atoms with E-state index in [1.54, 1.807) is 0 Å². The molecule has 1 aromatic heterocycles. The van der Waals surface area contributed by atoms with Gasteiger partial charge in [0.1, 0.15) is 4.99 Å². The molecule has 1 nitrogen and oxygen atoms in total. The largest absolute Gasteiger partial charge is 0.376 e. The molecule has 12 heavy (non-hydrogen) atoms. The van der Waals surface area contributed by atoms with E-state index in [9.17, 15) is 0 Å². The maximum Gasteiger partial charge on any atom is 0.107 e. The highest BCUT2D eigenvalue weighted by Gasteiger charge is 2.13. The van der Waals surface area contributed by atoms with Crippen LogP contribution in [0.3, 0.4) is 0 Å². The van der Waals surface area contributed by atoms with E-state index < -0.39 is 0 Å². The van der Waals surface area contributed by atoms with Crippen molar-refractivity contribution in [1.82, 2.24) is 5.32 Å². The summed E-state index contributed by atoms with van der Waals surface area (Å²) in [6.07, 6.45) is 2.38. The van der Waals surface area contributed by atoms with E-state index in [0.717, 1.165) is 11.5 Å². The van der Waals surface area contributed by atoms with Crippen LogP contribution in [0.2, 0.25) is 0 Å². The number of hydrogen-bond donors (Lipinski definition) is 1. The van der Waals surface area contributed by atoms with Crippen molar-refractivity contribution in [3.8, 4) is 0 Å². The standard InChI is InChI=1S/C9H11NS2/c1-6-5-7-8(12-6)3-2-4-10-9(7)11/h5H,2-4H2,1H3,(H,10,11). The molecule has 0 unspecified atom stereocenters. The Kier molecular flexibility index (Phi) is 2.15. The molecule has 0 aromatic carbocycles. The normalized spacial score (nSPS) is 16.6. The van der Waals surface area contributed by atoms with Gasteiger partial charge in [-0.05, 0) is 25.8 Å². The number of fused-ring (bicyclic) bond motifs is 1. The molecule has 0 amide bonds. The van der Waals surface area contributed by atoms with Crippen molar-refractivity contribution in [2.75, 3.05) is 6.54 Å². The van der Waals surface area contributed by atoms with Crippen molar-refractivity contribution in [3.63, 3.8) is 0 Å². The molecule has 0 saturated carbocycles. The van der Waals surface area contributed by atoms with E-state index in [0.29, 0.717) is 0 Å². The molecule has 0 radical (unpaired) electrons. The Labute approximate surface area is 81.8 Å². The van der Waals surface area contributed by atoms with Crippen LogP contribution >= 0.6 is 23.6 Å². The summed E-state index contributed by atoms with van der Waals surface area (Å²) in [5.41, 5.74) is 1.27. The minimum atomic E-state index is 0.937. The highest BCUT2D eigenvalue weighted by Crippen LogP contribution is 2.24. The number of nitrogens with one attached hydrogen (secondary N) is 1. The van der Waals surface area contributed by atoms with Crippen LogP contribution in [-0.2, 0) is 6.42 Å². The van der Waals surface area contributed by atoms with Crippen molar-refractivity contribution in [3.05, 3.63) is 21.4 Å². The molecule has 0 fully saturated rings. The number of hydrogen-bond acceptors (Lipinski definition) is 2. The highest BCUT2D eigenvalue weighted by atomic mass is 32.1. The molecule has 0 aliphatic carbocycles. The topological polar surface area (TPSA) is 12.0 Å². The Morgan fingerprint density at radius 2 is 2.42 bits per heavy atom. The summed E-state index contributed by atoms with van der Waals surface area (Å²) in [5, 5.41) is 3.25. The molecule has 1 aliphatic heterocycles. The summed E-state index contributed by atoms with van der Waals surface area (Å²) in [7, 11) is 0. The smallest absolute Gasteiger partial charge is 0.107 e. The Bertz CT molecular complexity index is 314. The Morgan fingerprint density at radius 1 is 1.58 bits per heavy atom. The predicted molar refractivity (Wildman–Crippen MR) is 57.1 cm³/mol. The number of rotatable bonds is 0. The van der Waals surface area contributed by atoms with Gasteiger partial charge in [-0.15, -0.1) is 11.3 Å². The quantitative estimate of drug-likeness (QED) is 0.640. The Hall–Kier alpha value is -0.410. The van der Waals surface area contributed by atoms with E-state index in [4.69, 9.17) is 12.2 Å². The first-order chi connectivity index (χ1) is 5.77. The van der Waals surface area contributed by atoms with Crippen molar-refractivity contribution < 1.29 is 0 Å². The molecule has 64 valence electrons. The lowest BCUT2D eigenvalue weighted by Gasteiger charge is -2.00. The molecule has 0 bridgehead atoms. The fraction of sp³-hybridized carbons (Fsp3) is 0.444. The van der Waals surface area contributed by atoms with Gasteiger partial charge in [0.15, 0.2) is 0 Å². The molecule has 0 spiro atoms. The van der Waals surface area contributed by atoms with Crippen molar-refractivity contribution in [2.45, 2.75) is 19.8 Å². The minimum Gasteiger partial charge on any atom is -0.376 e. The molecule has 1 N–H and O–H groups in total. The number of thiocarbonyl (C=S) groups is 1. The summed E-state index contributed by atoms with van der Waals surface area (Å²) in [6.45, 7) is 3.17.